The molecule has 4 rings (SSSR count). The van der Waals surface area contributed by atoms with E-state index in [1.165, 1.54) is 6.33 Å². The van der Waals surface area contributed by atoms with Gasteiger partial charge in [-0.05, 0) is 36.9 Å². The normalized spacial score (nSPS) is 11.3. The Hall–Kier alpha value is -3.17. The number of nitrogens with zero attached hydrogens (tertiary/aromatic N) is 3. The number of rotatable bonds is 6. The first kappa shape index (κ1) is 20.1. The third-order valence-electron chi connectivity index (χ3n) is 4.94. The maximum Gasteiger partial charge on any atom is 0.270 e. The summed E-state index contributed by atoms with van der Waals surface area (Å²) in [5, 5.41) is 8.07. The summed E-state index contributed by atoms with van der Waals surface area (Å²) in [5.74, 6) is 0.846. The Morgan fingerprint density at radius 2 is 2.13 bits per heavy atom. The highest BCUT2D eigenvalue weighted by atomic mass is 32.1. The summed E-state index contributed by atoms with van der Waals surface area (Å²) in [6, 6.07) is 6.20. The highest BCUT2D eigenvalue weighted by Gasteiger charge is 2.27. The number of hydrogen-bond acceptors (Lipinski definition) is 7. The van der Waals surface area contributed by atoms with Crippen molar-refractivity contribution >= 4 is 38.7 Å². The molecule has 4 aromatic rings. The van der Waals surface area contributed by atoms with Crippen LogP contribution in [0.25, 0.3) is 26.0 Å². The third-order valence-corrected chi connectivity index (χ3v) is 6.12. The molecule has 0 fully saturated rings. The number of benzene rings is 1. The smallest absolute Gasteiger partial charge is 0.270 e. The van der Waals surface area contributed by atoms with Gasteiger partial charge in [0.25, 0.3) is 5.91 Å². The molecule has 0 unspecified atom stereocenters. The fourth-order valence-corrected chi connectivity index (χ4v) is 4.87. The maximum atomic E-state index is 12.8. The molecule has 156 valence electrons. The molecule has 0 saturated heterocycles. The van der Waals surface area contributed by atoms with E-state index in [4.69, 9.17) is 15.2 Å². The van der Waals surface area contributed by atoms with E-state index in [0.717, 1.165) is 37.4 Å². The Balaban J connectivity index is 2.09. The first-order valence-corrected chi connectivity index (χ1v) is 10.3. The SMILES string of the molecule is CCOCc1c(-c2cc3cc(C)cc(OC)c3s2)c2c(N)ncnn2c1C(=O)NC. The van der Waals surface area contributed by atoms with E-state index >= 15 is 0 Å². The van der Waals surface area contributed by atoms with Gasteiger partial charge in [0, 0.05) is 29.7 Å². The monoisotopic (exact) mass is 425 g/mol. The number of thiophene rings is 1. The Kier molecular flexibility index (Phi) is 5.31. The van der Waals surface area contributed by atoms with Gasteiger partial charge in [-0.3, -0.25) is 4.79 Å². The summed E-state index contributed by atoms with van der Waals surface area (Å²) >= 11 is 1.58. The second kappa shape index (κ2) is 7.92. The number of hydrogen-bond donors (Lipinski definition) is 2. The molecule has 0 atom stereocenters. The van der Waals surface area contributed by atoms with Crippen LogP contribution in [-0.4, -0.2) is 41.3 Å². The van der Waals surface area contributed by atoms with Crippen molar-refractivity contribution in [3.8, 4) is 16.2 Å². The molecule has 0 spiro atoms. The first-order valence-electron chi connectivity index (χ1n) is 9.52. The van der Waals surface area contributed by atoms with Crippen LogP contribution in [0.1, 0.15) is 28.5 Å². The minimum Gasteiger partial charge on any atom is -0.495 e. The van der Waals surface area contributed by atoms with Gasteiger partial charge in [-0.15, -0.1) is 11.3 Å². The summed E-state index contributed by atoms with van der Waals surface area (Å²) in [7, 11) is 3.25. The van der Waals surface area contributed by atoms with Crippen molar-refractivity contribution in [2.45, 2.75) is 20.5 Å². The summed E-state index contributed by atoms with van der Waals surface area (Å²) in [6.07, 6.45) is 1.35. The lowest BCUT2D eigenvalue weighted by Crippen LogP contribution is -2.22. The fourth-order valence-electron chi connectivity index (χ4n) is 3.66. The number of fused-ring (bicyclic) bond motifs is 2. The summed E-state index contributed by atoms with van der Waals surface area (Å²) < 4.78 is 13.9. The van der Waals surface area contributed by atoms with Crippen molar-refractivity contribution in [3.05, 3.63) is 41.3 Å². The number of aryl methyl sites for hydroxylation is 1. The molecular weight excluding hydrogens is 402 g/mol. The van der Waals surface area contributed by atoms with Crippen LogP contribution in [0.3, 0.4) is 0 Å². The molecule has 9 heteroatoms. The standard InChI is InChI=1S/C21H23N5O3S/c1-5-29-9-13-16(15-8-12-6-11(2)7-14(28-4)19(12)30-15)18-20(22)24-10-25-26(18)17(13)21(27)23-3/h6-8,10H,5,9H2,1-4H3,(H,23,27)(H2,22,24,25). The number of nitrogens with two attached hydrogens (primary N) is 1. The second-order valence-corrected chi connectivity index (χ2v) is 7.87. The third kappa shape index (κ3) is 3.16. The summed E-state index contributed by atoms with van der Waals surface area (Å²) in [5.41, 5.74) is 9.88. The summed E-state index contributed by atoms with van der Waals surface area (Å²) in [6.45, 7) is 4.71. The van der Waals surface area contributed by atoms with Crippen LogP contribution < -0.4 is 15.8 Å². The molecule has 3 heterocycles. The van der Waals surface area contributed by atoms with E-state index in [1.54, 1.807) is 30.0 Å². The van der Waals surface area contributed by atoms with Crippen LogP contribution in [-0.2, 0) is 11.3 Å². The number of ether oxygens (including phenoxy) is 2. The molecular formula is C21H23N5O3S. The van der Waals surface area contributed by atoms with E-state index in [1.807, 2.05) is 19.9 Å². The molecule has 3 aromatic heterocycles. The van der Waals surface area contributed by atoms with Gasteiger partial charge in [0.15, 0.2) is 5.82 Å². The Labute approximate surface area is 177 Å². The van der Waals surface area contributed by atoms with Crippen molar-refractivity contribution in [2.75, 3.05) is 26.5 Å². The molecule has 8 nitrogen and oxygen atoms in total. The zero-order valence-corrected chi connectivity index (χ0v) is 18.1. The largest absolute Gasteiger partial charge is 0.495 e. The van der Waals surface area contributed by atoms with E-state index in [-0.39, 0.29) is 12.5 Å². The van der Waals surface area contributed by atoms with Crippen molar-refractivity contribution < 1.29 is 14.3 Å². The first-order chi connectivity index (χ1) is 14.5. The number of methoxy groups -OCH3 is 1. The van der Waals surface area contributed by atoms with Crippen LogP contribution in [0.4, 0.5) is 5.82 Å². The highest BCUT2D eigenvalue weighted by molar-refractivity contribution is 7.22. The van der Waals surface area contributed by atoms with Crippen molar-refractivity contribution in [1.82, 2.24) is 19.9 Å². The predicted octanol–water partition coefficient (Wildman–Crippen LogP) is 3.41. The molecule has 0 aliphatic carbocycles. The van der Waals surface area contributed by atoms with Gasteiger partial charge in [-0.25, -0.2) is 9.50 Å². The Morgan fingerprint density at radius 3 is 2.83 bits per heavy atom. The molecule has 1 amide bonds. The maximum absolute atomic E-state index is 12.8. The molecule has 0 bridgehead atoms. The predicted molar refractivity (Wildman–Crippen MR) is 118 cm³/mol. The van der Waals surface area contributed by atoms with Crippen LogP contribution in [0.2, 0.25) is 0 Å². The molecule has 0 aliphatic heterocycles. The van der Waals surface area contributed by atoms with Gasteiger partial charge in [-0.1, -0.05) is 6.07 Å². The van der Waals surface area contributed by atoms with Crippen molar-refractivity contribution in [1.29, 1.82) is 0 Å². The summed E-state index contributed by atoms with van der Waals surface area (Å²) in [4.78, 5) is 17.9. The van der Waals surface area contributed by atoms with Crippen molar-refractivity contribution in [2.24, 2.45) is 0 Å². The van der Waals surface area contributed by atoms with Gasteiger partial charge in [0.05, 0.1) is 18.4 Å². The van der Waals surface area contributed by atoms with Crippen molar-refractivity contribution in [3.63, 3.8) is 0 Å². The number of carbonyl (C=O) groups is 1. The molecule has 1 aromatic carbocycles. The van der Waals surface area contributed by atoms with Gasteiger partial charge < -0.3 is 20.5 Å². The lowest BCUT2D eigenvalue weighted by atomic mass is 10.1. The number of aromatic nitrogens is 3. The van der Waals surface area contributed by atoms with E-state index in [2.05, 4.69) is 27.5 Å². The quantitative estimate of drug-likeness (QED) is 0.491. The number of anilines is 1. The number of amides is 1. The van der Waals surface area contributed by atoms with Crippen LogP contribution in [0, 0.1) is 6.92 Å². The number of nitrogen functional groups attached to an aromatic ring is 1. The Bertz CT molecular complexity index is 1260. The van der Waals surface area contributed by atoms with Crippen LogP contribution in [0.15, 0.2) is 24.5 Å². The lowest BCUT2D eigenvalue weighted by Gasteiger charge is -2.06. The Morgan fingerprint density at radius 1 is 1.33 bits per heavy atom. The average Bonchev–Trinajstić information content (AvgIpc) is 3.30. The van der Waals surface area contributed by atoms with E-state index in [0.29, 0.717) is 23.6 Å². The minimum atomic E-state index is -0.265. The molecule has 0 aliphatic rings. The van der Waals surface area contributed by atoms with Gasteiger partial charge in [-0.2, -0.15) is 5.10 Å². The van der Waals surface area contributed by atoms with E-state index in [9.17, 15) is 4.79 Å². The highest BCUT2D eigenvalue weighted by Crippen LogP contribution is 2.44. The zero-order chi connectivity index (χ0) is 21.4. The number of carbonyl (C=O) groups excluding carboxylic acids is 1. The van der Waals surface area contributed by atoms with Gasteiger partial charge in [0.2, 0.25) is 0 Å². The van der Waals surface area contributed by atoms with Gasteiger partial charge >= 0.3 is 0 Å². The fraction of sp³-hybridized carbons (Fsp3) is 0.286. The zero-order valence-electron chi connectivity index (χ0n) is 17.3. The molecule has 3 N–H and O–H groups in total. The molecule has 0 radical (unpaired) electrons. The molecule has 0 saturated carbocycles. The van der Waals surface area contributed by atoms with Gasteiger partial charge in [0.1, 0.15) is 23.3 Å². The minimum absolute atomic E-state index is 0.252. The van der Waals surface area contributed by atoms with E-state index < -0.39 is 0 Å². The van der Waals surface area contributed by atoms with Crippen LogP contribution in [0.5, 0.6) is 5.75 Å². The second-order valence-electron chi connectivity index (χ2n) is 6.82. The average molecular weight is 426 g/mol. The van der Waals surface area contributed by atoms with Crippen LogP contribution >= 0.6 is 11.3 Å². The molecule has 30 heavy (non-hydrogen) atoms. The number of nitrogens with one attached hydrogen (secondary N) is 1. The lowest BCUT2D eigenvalue weighted by molar-refractivity contribution is 0.0945. The topological polar surface area (TPSA) is 104 Å².